The molecule has 0 bridgehead atoms. The molecule has 0 spiro atoms. The fourth-order valence-electron chi connectivity index (χ4n) is 2.21. The third-order valence-corrected chi connectivity index (χ3v) is 3.34. The van der Waals surface area contributed by atoms with E-state index in [1.807, 2.05) is 25.1 Å². The number of nitrogens with zero attached hydrogens (tertiary/aromatic N) is 1. The minimum Gasteiger partial charge on any atom is -0.489 e. The smallest absolute Gasteiger partial charge is 0.363 e. The molecule has 0 fully saturated rings. The molecule has 25 heavy (non-hydrogen) atoms. The van der Waals surface area contributed by atoms with Crippen LogP contribution in [0.15, 0.2) is 71.4 Å². The largest absolute Gasteiger partial charge is 0.489 e. The summed E-state index contributed by atoms with van der Waals surface area (Å²) in [6, 6.07) is 13.0. The van der Waals surface area contributed by atoms with Crippen molar-refractivity contribution in [3.05, 3.63) is 83.3 Å². The molecular formula is C20H16FNO3. The van der Waals surface area contributed by atoms with E-state index in [0.29, 0.717) is 17.9 Å². The van der Waals surface area contributed by atoms with Gasteiger partial charge in [-0.15, -0.1) is 0 Å². The number of benzene rings is 2. The summed E-state index contributed by atoms with van der Waals surface area (Å²) in [5.41, 5.74) is 2.22. The molecule has 0 atom stereocenters. The molecule has 0 aliphatic carbocycles. The highest BCUT2D eigenvalue weighted by Gasteiger charge is 2.24. The van der Waals surface area contributed by atoms with Gasteiger partial charge in [0.25, 0.3) is 0 Å². The van der Waals surface area contributed by atoms with Gasteiger partial charge in [-0.25, -0.2) is 14.2 Å². The summed E-state index contributed by atoms with van der Waals surface area (Å²) >= 11 is 0. The predicted octanol–water partition coefficient (Wildman–Crippen LogP) is 4.13. The van der Waals surface area contributed by atoms with Gasteiger partial charge in [-0.2, -0.15) is 0 Å². The van der Waals surface area contributed by atoms with Crippen LogP contribution in [-0.2, 0) is 9.53 Å². The number of ether oxygens (including phenoxy) is 2. The Hall–Kier alpha value is -3.21. The molecule has 0 unspecified atom stereocenters. The van der Waals surface area contributed by atoms with Crippen LogP contribution < -0.4 is 4.74 Å². The molecule has 2 aromatic rings. The van der Waals surface area contributed by atoms with Crippen molar-refractivity contribution < 1.29 is 18.7 Å². The zero-order chi connectivity index (χ0) is 17.8. The lowest BCUT2D eigenvalue weighted by atomic mass is 10.2. The summed E-state index contributed by atoms with van der Waals surface area (Å²) in [5.74, 6) is -0.243. The Morgan fingerprint density at radius 2 is 2.08 bits per heavy atom. The number of esters is 1. The first-order valence-electron chi connectivity index (χ1n) is 7.67. The van der Waals surface area contributed by atoms with Crippen molar-refractivity contribution in [3.8, 4) is 5.75 Å². The van der Waals surface area contributed by atoms with Crippen LogP contribution in [0.25, 0.3) is 6.08 Å². The van der Waals surface area contributed by atoms with Crippen LogP contribution in [0.5, 0.6) is 5.75 Å². The zero-order valence-corrected chi connectivity index (χ0v) is 13.7. The van der Waals surface area contributed by atoms with Crippen LogP contribution >= 0.6 is 0 Å². The standard InChI is InChI=1S/C20H16FNO3/c1-13(2)12-24-17-8-3-5-14(9-17)10-18-20(23)25-19(22-18)15-6-4-7-16(21)11-15/h3-11H,1,12H2,2H3/b18-10-. The van der Waals surface area contributed by atoms with Crippen molar-refractivity contribution in [3.63, 3.8) is 0 Å². The number of halogens is 1. The van der Waals surface area contributed by atoms with E-state index in [1.54, 1.807) is 18.2 Å². The monoisotopic (exact) mass is 337 g/mol. The molecule has 0 saturated carbocycles. The Morgan fingerprint density at radius 3 is 2.84 bits per heavy atom. The number of carbonyl (C=O) groups excluding carboxylic acids is 1. The summed E-state index contributed by atoms with van der Waals surface area (Å²) < 4.78 is 24.0. The highest BCUT2D eigenvalue weighted by Crippen LogP contribution is 2.21. The van der Waals surface area contributed by atoms with E-state index in [1.165, 1.54) is 18.2 Å². The van der Waals surface area contributed by atoms with Gasteiger partial charge in [0, 0.05) is 5.56 Å². The Balaban J connectivity index is 1.84. The molecule has 3 rings (SSSR count). The van der Waals surface area contributed by atoms with Gasteiger partial charge in [0.15, 0.2) is 5.70 Å². The van der Waals surface area contributed by atoms with E-state index in [-0.39, 0.29) is 11.6 Å². The van der Waals surface area contributed by atoms with Crippen LogP contribution in [0.1, 0.15) is 18.1 Å². The second-order valence-corrected chi connectivity index (χ2v) is 5.66. The molecule has 126 valence electrons. The van der Waals surface area contributed by atoms with Crippen LogP contribution in [-0.4, -0.2) is 18.5 Å². The molecule has 1 heterocycles. The van der Waals surface area contributed by atoms with Gasteiger partial charge in [-0.3, -0.25) is 0 Å². The van der Waals surface area contributed by atoms with Gasteiger partial charge >= 0.3 is 5.97 Å². The minimum atomic E-state index is -0.576. The number of rotatable bonds is 5. The normalized spacial score (nSPS) is 15.0. The lowest BCUT2D eigenvalue weighted by molar-refractivity contribution is -0.129. The first-order valence-corrected chi connectivity index (χ1v) is 7.67. The minimum absolute atomic E-state index is 0.0884. The molecule has 0 aromatic heterocycles. The van der Waals surface area contributed by atoms with Crippen molar-refractivity contribution in [1.29, 1.82) is 0 Å². The van der Waals surface area contributed by atoms with E-state index in [2.05, 4.69) is 11.6 Å². The van der Waals surface area contributed by atoms with Gasteiger partial charge in [0.1, 0.15) is 18.2 Å². The van der Waals surface area contributed by atoms with E-state index < -0.39 is 11.8 Å². The maximum Gasteiger partial charge on any atom is 0.363 e. The molecule has 1 aliphatic heterocycles. The van der Waals surface area contributed by atoms with E-state index in [9.17, 15) is 9.18 Å². The summed E-state index contributed by atoms with van der Waals surface area (Å²) in [5, 5.41) is 0. The number of cyclic esters (lactones) is 1. The van der Waals surface area contributed by atoms with Gasteiger partial charge in [-0.1, -0.05) is 24.8 Å². The fourth-order valence-corrected chi connectivity index (χ4v) is 2.21. The number of hydrogen-bond acceptors (Lipinski definition) is 4. The fraction of sp³-hybridized carbons (Fsp3) is 0.100. The maximum absolute atomic E-state index is 13.3. The molecular weight excluding hydrogens is 321 g/mol. The van der Waals surface area contributed by atoms with Crippen LogP contribution in [0.3, 0.4) is 0 Å². The molecule has 1 aliphatic rings. The average Bonchev–Trinajstić information content (AvgIpc) is 2.94. The topological polar surface area (TPSA) is 47.9 Å². The Bertz CT molecular complexity index is 899. The van der Waals surface area contributed by atoms with Crippen molar-refractivity contribution in [1.82, 2.24) is 0 Å². The Labute approximate surface area is 144 Å². The average molecular weight is 337 g/mol. The first-order chi connectivity index (χ1) is 12.0. The number of hydrogen-bond donors (Lipinski definition) is 0. The maximum atomic E-state index is 13.3. The van der Waals surface area contributed by atoms with Gasteiger partial charge < -0.3 is 9.47 Å². The van der Waals surface area contributed by atoms with Gasteiger partial charge in [0.05, 0.1) is 0 Å². The highest BCUT2D eigenvalue weighted by atomic mass is 19.1. The second kappa shape index (κ2) is 7.13. The molecule has 0 N–H and O–H groups in total. The van der Waals surface area contributed by atoms with Crippen LogP contribution in [0, 0.1) is 5.82 Å². The second-order valence-electron chi connectivity index (χ2n) is 5.66. The number of aliphatic imine (C=N–C) groups is 1. The molecule has 0 saturated heterocycles. The van der Waals surface area contributed by atoms with E-state index >= 15 is 0 Å². The van der Waals surface area contributed by atoms with Crippen molar-refractivity contribution in [2.24, 2.45) is 4.99 Å². The SMILES string of the molecule is C=C(C)COc1cccc(/C=C2\N=C(c3cccc(F)c3)OC2=O)c1. The summed E-state index contributed by atoms with van der Waals surface area (Å²) in [6.07, 6.45) is 1.60. The first kappa shape index (κ1) is 16.6. The lowest BCUT2D eigenvalue weighted by Gasteiger charge is -2.06. The van der Waals surface area contributed by atoms with Crippen molar-refractivity contribution in [2.45, 2.75) is 6.92 Å². The molecule has 0 amide bonds. The van der Waals surface area contributed by atoms with Crippen molar-refractivity contribution >= 4 is 17.9 Å². The summed E-state index contributed by atoms with van der Waals surface area (Å²) in [6.45, 7) is 6.09. The van der Waals surface area contributed by atoms with E-state index in [4.69, 9.17) is 9.47 Å². The van der Waals surface area contributed by atoms with Gasteiger partial charge in [0.2, 0.25) is 5.90 Å². The Morgan fingerprint density at radius 1 is 1.28 bits per heavy atom. The third-order valence-electron chi connectivity index (χ3n) is 3.34. The van der Waals surface area contributed by atoms with E-state index in [0.717, 1.165) is 11.1 Å². The molecule has 4 nitrogen and oxygen atoms in total. The van der Waals surface area contributed by atoms with Crippen LogP contribution in [0.4, 0.5) is 4.39 Å². The zero-order valence-electron chi connectivity index (χ0n) is 13.7. The summed E-state index contributed by atoms with van der Waals surface area (Å²) in [7, 11) is 0. The number of carbonyl (C=O) groups is 1. The lowest BCUT2D eigenvalue weighted by Crippen LogP contribution is -2.05. The molecule has 2 aromatic carbocycles. The molecule has 0 radical (unpaired) electrons. The predicted molar refractivity (Wildman–Crippen MR) is 93.8 cm³/mol. The van der Waals surface area contributed by atoms with Crippen molar-refractivity contribution in [2.75, 3.05) is 6.61 Å². The Kier molecular flexibility index (Phi) is 4.75. The molecule has 5 heteroatoms. The van der Waals surface area contributed by atoms with Crippen LogP contribution in [0.2, 0.25) is 0 Å². The third kappa shape index (κ3) is 4.20. The highest BCUT2D eigenvalue weighted by molar-refractivity contribution is 6.12. The summed E-state index contributed by atoms with van der Waals surface area (Å²) in [4.78, 5) is 16.2. The van der Waals surface area contributed by atoms with Gasteiger partial charge in [-0.05, 0) is 54.5 Å². The quantitative estimate of drug-likeness (QED) is 0.468.